The first-order valence-corrected chi connectivity index (χ1v) is 6.35. The SMILES string of the molecule is COc1ccc(-n2cc(C(N)=O)c3c(F)cccc32)cc1. The summed E-state index contributed by atoms with van der Waals surface area (Å²) in [6, 6.07) is 11.9. The highest BCUT2D eigenvalue weighted by Gasteiger charge is 2.16. The molecule has 0 radical (unpaired) electrons. The summed E-state index contributed by atoms with van der Waals surface area (Å²) in [7, 11) is 1.58. The second kappa shape index (κ2) is 4.94. The van der Waals surface area contributed by atoms with Crippen LogP contribution in [0.3, 0.4) is 0 Å². The van der Waals surface area contributed by atoms with Gasteiger partial charge in [0.25, 0.3) is 5.91 Å². The zero-order valence-corrected chi connectivity index (χ0v) is 11.3. The lowest BCUT2D eigenvalue weighted by atomic mass is 10.1. The monoisotopic (exact) mass is 284 g/mol. The predicted octanol–water partition coefficient (Wildman–Crippen LogP) is 2.88. The predicted molar refractivity (Wildman–Crippen MR) is 78.3 cm³/mol. The van der Waals surface area contributed by atoms with Crippen molar-refractivity contribution in [1.82, 2.24) is 4.57 Å². The van der Waals surface area contributed by atoms with Crippen molar-refractivity contribution >= 4 is 16.8 Å². The third-order valence-electron chi connectivity index (χ3n) is 3.39. The molecule has 1 amide bonds. The Kier molecular flexibility index (Phi) is 3.10. The quantitative estimate of drug-likeness (QED) is 0.804. The van der Waals surface area contributed by atoms with Gasteiger partial charge >= 0.3 is 0 Å². The highest BCUT2D eigenvalue weighted by molar-refractivity contribution is 6.06. The molecule has 0 unspecified atom stereocenters. The lowest BCUT2D eigenvalue weighted by molar-refractivity contribution is 0.100. The van der Waals surface area contributed by atoms with Crippen LogP contribution in [0.4, 0.5) is 4.39 Å². The Hall–Kier alpha value is -2.82. The highest BCUT2D eigenvalue weighted by Crippen LogP contribution is 2.27. The van der Waals surface area contributed by atoms with Crippen LogP contribution in [-0.2, 0) is 0 Å². The summed E-state index contributed by atoms with van der Waals surface area (Å²) in [6.07, 6.45) is 1.55. The molecule has 5 heteroatoms. The number of hydrogen-bond acceptors (Lipinski definition) is 2. The van der Waals surface area contributed by atoms with Crippen molar-refractivity contribution in [3.05, 3.63) is 60.0 Å². The van der Waals surface area contributed by atoms with Crippen LogP contribution in [-0.4, -0.2) is 17.6 Å². The van der Waals surface area contributed by atoms with Crippen LogP contribution in [0, 0.1) is 5.82 Å². The Morgan fingerprint density at radius 1 is 1.19 bits per heavy atom. The number of nitrogens with zero attached hydrogens (tertiary/aromatic N) is 1. The number of carbonyl (C=O) groups excluding carboxylic acids is 1. The second-order valence-electron chi connectivity index (χ2n) is 4.61. The van der Waals surface area contributed by atoms with Crippen molar-refractivity contribution in [2.24, 2.45) is 5.73 Å². The molecule has 0 aliphatic heterocycles. The molecule has 21 heavy (non-hydrogen) atoms. The van der Waals surface area contributed by atoms with E-state index >= 15 is 0 Å². The second-order valence-corrected chi connectivity index (χ2v) is 4.61. The molecule has 0 bridgehead atoms. The van der Waals surface area contributed by atoms with E-state index in [-0.39, 0.29) is 10.9 Å². The number of benzene rings is 2. The average Bonchev–Trinajstić information content (AvgIpc) is 2.88. The first kappa shape index (κ1) is 13.2. The van der Waals surface area contributed by atoms with E-state index in [0.29, 0.717) is 5.52 Å². The number of nitrogens with two attached hydrogens (primary N) is 1. The van der Waals surface area contributed by atoms with Gasteiger partial charge in [-0.25, -0.2) is 4.39 Å². The van der Waals surface area contributed by atoms with Crippen molar-refractivity contribution in [2.75, 3.05) is 7.11 Å². The number of ether oxygens (including phenoxy) is 1. The van der Waals surface area contributed by atoms with Gasteiger partial charge in [0.1, 0.15) is 11.6 Å². The Labute approximate surface area is 120 Å². The molecular weight excluding hydrogens is 271 g/mol. The molecule has 0 aliphatic rings. The molecular formula is C16H13FN2O2. The van der Waals surface area contributed by atoms with Gasteiger partial charge in [0, 0.05) is 17.3 Å². The molecule has 0 saturated carbocycles. The van der Waals surface area contributed by atoms with E-state index in [9.17, 15) is 9.18 Å². The van der Waals surface area contributed by atoms with Crippen LogP contribution in [0.2, 0.25) is 0 Å². The number of methoxy groups -OCH3 is 1. The average molecular weight is 284 g/mol. The smallest absolute Gasteiger partial charge is 0.250 e. The van der Waals surface area contributed by atoms with Gasteiger partial charge in [-0.15, -0.1) is 0 Å². The molecule has 106 valence electrons. The number of fused-ring (bicyclic) bond motifs is 1. The summed E-state index contributed by atoms with van der Waals surface area (Å²) in [6.45, 7) is 0. The van der Waals surface area contributed by atoms with Gasteiger partial charge in [-0.3, -0.25) is 4.79 Å². The fourth-order valence-electron chi connectivity index (χ4n) is 2.39. The fraction of sp³-hybridized carbons (Fsp3) is 0.0625. The molecule has 0 spiro atoms. The highest BCUT2D eigenvalue weighted by atomic mass is 19.1. The van der Waals surface area contributed by atoms with Crippen LogP contribution in [0.1, 0.15) is 10.4 Å². The molecule has 0 aliphatic carbocycles. The topological polar surface area (TPSA) is 57.2 Å². The van der Waals surface area contributed by atoms with E-state index in [4.69, 9.17) is 10.5 Å². The van der Waals surface area contributed by atoms with Crippen molar-refractivity contribution in [3.8, 4) is 11.4 Å². The Morgan fingerprint density at radius 2 is 1.90 bits per heavy atom. The molecule has 4 nitrogen and oxygen atoms in total. The molecule has 1 heterocycles. The maximum Gasteiger partial charge on any atom is 0.250 e. The van der Waals surface area contributed by atoms with E-state index < -0.39 is 11.7 Å². The van der Waals surface area contributed by atoms with Crippen molar-refractivity contribution < 1.29 is 13.9 Å². The van der Waals surface area contributed by atoms with Crippen LogP contribution < -0.4 is 10.5 Å². The van der Waals surface area contributed by atoms with Crippen molar-refractivity contribution in [1.29, 1.82) is 0 Å². The van der Waals surface area contributed by atoms with Crippen LogP contribution >= 0.6 is 0 Å². The Morgan fingerprint density at radius 3 is 2.52 bits per heavy atom. The van der Waals surface area contributed by atoms with Gasteiger partial charge in [-0.2, -0.15) is 0 Å². The van der Waals surface area contributed by atoms with Crippen molar-refractivity contribution in [2.45, 2.75) is 0 Å². The number of hydrogen-bond donors (Lipinski definition) is 1. The molecule has 2 N–H and O–H groups in total. The third kappa shape index (κ3) is 2.12. The number of amides is 1. The van der Waals surface area contributed by atoms with E-state index in [1.165, 1.54) is 6.07 Å². The van der Waals surface area contributed by atoms with Crippen molar-refractivity contribution in [3.63, 3.8) is 0 Å². The molecule has 2 aromatic carbocycles. The maximum atomic E-state index is 14.0. The molecule has 3 rings (SSSR count). The lowest BCUT2D eigenvalue weighted by Crippen LogP contribution is -2.10. The molecule has 1 aromatic heterocycles. The zero-order chi connectivity index (χ0) is 15.0. The summed E-state index contributed by atoms with van der Waals surface area (Å²) in [4.78, 5) is 11.5. The minimum absolute atomic E-state index is 0.166. The van der Waals surface area contributed by atoms with E-state index in [1.807, 2.05) is 12.1 Å². The lowest BCUT2D eigenvalue weighted by Gasteiger charge is -2.06. The van der Waals surface area contributed by atoms with E-state index in [2.05, 4.69) is 0 Å². The van der Waals surface area contributed by atoms with Gasteiger partial charge in [0.2, 0.25) is 0 Å². The minimum atomic E-state index is -0.655. The first-order valence-electron chi connectivity index (χ1n) is 6.35. The van der Waals surface area contributed by atoms with E-state index in [1.54, 1.807) is 42.1 Å². The fourth-order valence-corrected chi connectivity index (χ4v) is 2.39. The normalized spacial score (nSPS) is 10.8. The number of carbonyl (C=O) groups is 1. The third-order valence-corrected chi connectivity index (χ3v) is 3.39. The minimum Gasteiger partial charge on any atom is -0.497 e. The van der Waals surface area contributed by atoms with Gasteiger partial charge in [-0.05, 0) is 36.4 Å². The summed E-state index contributed by atoms with van der Waals surface area (Å²) in [5, 5.41) is 0.237. The molecule has 0 fully saturated rings. The van der Waals surface area contributed by atoms with Gasteiger partial charge in [0.05, 0.1) is 18.2 Å². The maximum absolute atomic E-state index is 14.0. The van der Waals surface area contributed by atoms with Gasteiger partial charge in [-0.1, -0.05) is 6.07 Å². The number of aromatic nitrogens is 1. The first-order chi connectivity index (χ1) is 10.1. The zero-order valence-electron chi connectivity index (χ0n) is 11.3. The van der Waals surface area contributed by atoms with E-state index in [0.717, 1.165) is 11.4 Å². The largest absolute Gasteiger partial charge is 0.497 e. The summed E-state index contributed by atoms with van der Waals surface area (Å²) < 4.78 is 20.9. The molecule has 0 saturated heterocycles. The molecule has 0 atom stereocenters. The van der Waals surface area contributed by atoms with Gasteiger partial charge in [0.15, 0.2) is 0 Å². The summed E-state index contributed by atoms with van der Waals surface area (Å²) >= 11 is 0. The van der Waals surface area contributed by atoms with Crippen LogP contribution in [0.25, 0.3) is 16.6 Å². The molecule has 3 aromatic rings. The Bertz CT molecular complexity index is 822. The number of rotatable bonds is 3. The summed E-state index contributed by atoms with van der Waals surface area (Å²) in [5.41, 5.74) is 6.89. The Balaban J connectivity index is 2.27. The number of halogens is 1. The number of primary amides is 1. The standard InChI is InChI=1S/C16H13FN2O2/c1-21-11-7-5-10(6-8-11)19-9-12(16(18)20)15-13(17)3-2-4-14(15)19/h2-9H,1H3,(H2,18,20). The summed E-state index contributed by atoms with van der Waals surface area (Å²) in [5.74, 6) is -0.401. The van der Waals surface area contributed by atoms with Crippen LogP contribution in [0.5, 0.6) is 5.75 Å². The van der Waals surface area contributed by atoms with Gasteiger partial charge < -0.3 is 15.0 Å². The van der Waals surface area contributed by atoms with Crippen LogP contribution in [0.15, 0.2) is 48.7 Å².